The average Bonchev–Trinajstić information content (AvgIpc) is 3.79. The van der Waals surface area contributed by atoms with Crippen molar-refractivity contribution in [1.82, 2.24) is 39.4 Å². The number of aromatic nitrogens is 7. The van der Waals surface area contributed by atoms with Gasteiger partial charge in [0.25, 0.3) is 5.88 Å². The van der Waals surface area contributed by atoms with Crippen LogP contribution in [0.25, 0.3) is 11.1 Å². The number of fused-ring (bicyclic) bond motifs is 2. The molecule has 2 bridgehead atoms. The number of anilines is 2. The van der Waals surface area contributed by atoms with Crippen LogP contribution < -0.4 is 14.8 Å². The normalized spacial score (nSPS) is 23.5. The molecule has 3 atom stereocenters. The van der Waals surface area contributed by atoms with Crippen LogP contribution in [-0.2, 0) is 11.3 Å². The Labute approximate surface area is 272 Å². The summed E-state index contributed by atoms with van der Waals surface area (Å²) >= 11 is 6.44. The number of hydrogen-bond donors (Lipinski definition) is 1. The molecule has 7 rings (SSSR count). The highest BCUT2D eigenvalue weighted by molar-refractivity contribution is 6.32. The molecule has 4 aromatic rings. The second-order valence-electron chi connectivity index (χ2n) is 12.2. The van der Waals surface area contributed by atoms with E-state index >= 15 is 0 Å². The molecule has 1 saturated carbocycles. The summed E-state index contributed by atoms with van der Waals surface area (Å²) in [4.78, 5) is 15.8. The van der Waals surface area contributed by atoms with Crippen LogP contribution in [0, 0.1) is 11.3 Å². The Morgan fingerprint density at radius 1 is 1.04 bits per heavy atom. The van der Waals surface area contributed by atoms with Crippen LogP contribution in [0.4, 0.5) is 11.6 Å². The minimum Gasteiger partial charge on any atom is -0.487 e. The Hall–Kier alpha value is -4.25. The van der Waals surface area contributed by atoms with Crippen molar-refractivity contribution < 1.29 is 14.2 Å². The van der Waals surface area contributed by atoms with Gasteiger partial charge in [0, 0.05) is 36.1 Å². The topological polar surface area (TPSA) is 141 Å². The molecule has 0 unspecified atom stereocenters. The highest BCUT2D eigenvalue weighted by atomic mass is 35.5. The van der Waals surface area contributed by atoms with E-state index in [9.17, 15) is 0 Å². The third kappa shape index (κ3) is 6.65. The number of nitrogens with zero attached hydrogens (tertiary/aromatic N) is 9. The average molecular weight is 645 g/mol. The van der Waals surface area contributed by atoms with Crippen LogP contribution >= 0.6 is 11.6 Å². The Morgan fingerprint density at radius 2 is 1.78 bits per heavy atom. The summed E-state index contributed by atoms with van der Waals surface area (Å²) < 4.78 is 21.3. The first-order chi connectivity index (χ1) is 22.5. The molecule has 3 aliphatic rings. The molecule has 5 heterocycles. The van der Waals surface area contributed by atoms with Crippen LogP contribution in [0.1, 0.15) is 51.5 Å². The van der Waals surface area contributed by atoms with Crippen LogP contribution in [0.3, 0.4) is 0 Å². The van der Waals surface area contributed by atoms with Crippen molar-refractivity contribution in [2.75, 3.05) is 25.1 Å². The van der Waals surface area contributed by atoms with Gasteiger partial charge in [-0.1, -0.05) is 17.7 Å². The minimum atomic E-state index is -0.175. The summed E-state index contributed by atoms with van der Waals surface area (Å²) in [6.07, 6.45) is 15.2. The predicted molar refractivity (Wildman–Crippen MR) is 170 cm³/mol. The fraction of sp³-hybridized carbons (Fsp3) is 0.500. The van der Waals surface area contributed by atoms with Gasteiger partial charge in [0.1, 0.15) is 36.3 Å². The summed E-state index contributed by atoms with van der Waals surface area (Å²) in [7, 11) is 0. The predicted octanol–water partition coefficient (Wildman–Crippen LogP) is 5.05. The van der Waals surface area contributed by atoms with Crippen LogP contribution in [0.2, 0.25) is 5.02 Å². The zero-order chi connectivity index (χ0) is 31.5. The molecule has 46 heavy (non-hydrogen) atoms. The molecule has 0 amide bonds. The van der Waals surface area contributed by atoms with Gasteiger partial charge in [0.2, 0.25) is 5.95 Å². The van der Waals surface area contributed by atoms with E-state index in [-0.39, 0.29) is 18.8 Å². The number of rotatable bonds is 11. The Kier molecular flexibility index (Phi) is 9.00. The van der Waals surface area contributed by atoms with Crippen LogP contribution in [0.15, 0.2) is 49.4 Å². The van der Waals surface area contributed by atoms with E-state index in [1.165, 1.54) is 19.2 Å². The lowest BCUT2D eigenvalue weighted by Gasteiger charge is -2.43. The number of ether oxygens (including phenoxy) is 3. The number of nitrogens with one attached hydrogen (secondary N) is 1. The third-order valence-electron chi connectivity index (χ3n) is 9.13. The first-order valence-electron chi connectivity index (χ1n) is 15.9. The summed E-state index contributed by atoms with van der Waals surface area (Å²) in [6.45, 7) is 4.12. The van der Waals surface area contributed by atoms with Crippen LogP contribution in [0.5, 0.6) is 11.6 Å². The molecule has 0 spiro atoms. The van der Waals surface area contributed by atoms with Crippen molar-refractivity contribution in [3.8, 4) is 28.8 Å². The maximum Gasteiger partial charge on any atom is 0.257 e. The molecule has 1 aromatic carbocycles. The van der Waals surface area contributed by atoms with E-state index in [0.717, 1.165) is 50.0 Å². The second kappa shape index (κ2) is 13.6. The van der Waals surface area contributed by atoms with Crippen molar-refractivity contribution >= 4 is 23.2 Å². The molecule has 13 nitrogen and oxygen atoms in total. The number of morpholine rings is 1. The molecule has 1 aliphatic carbocycles. The first kappa shape index (κ1) is 30.4. The summed E-state index contributed by atoms with van der Waals surface area (Å²) in [5, 5.41) is 21.8. The van der Waals surface area contributed by atoms with E-state index in [1.807, 2.05) is 36.0 Å². The molecule has 1 N–H and O–H groups in total. The van der Waals surface area contributed by atoms with E-state index in [4.69, 9.17) is 36.2 Å². The van der Waals surface area contributed by atoms with Gasteiger partial charge in [-0.2, -0.15) is 10.4 Å². The van der Waals surface area contributed by atoms with Crippen LogP contribution in [-0.4, -0.2) is 83.5 Å². The monoisotopic (exact) mass is 644 g/mol. The van der Waals surface area contributed by atoms with E-state index in [1.54, 1.807) is 29.5 Å². The Balaban J connectivity index is 1.01. The molecule has 3 aromatic heterocycles. The zero-order valence-corrected chi connectivity index (χ0v) is 26.5. The third-order valence-corrected chi connectivity index (χ3v) is 9.44. The largest absolute Gasteiger partial charge is 0.487 e. The smallest absolute Gasteiger partial charge is 0.257 e. The molecule has 2 saturated heterocycles. The maximum atomic E-state index is 9.15. The van der Waals surface area contributed by atoms with Crippen molar-refractivity contribution in [3.63, 3.8) is 0 Å². The molecule has 240 valence electrons. The molecular weight excluding hydrogens is 608 g/mol. The maximum absolute atomic E-state index is 9.15. The summed E-state index contributed by atoms with van der Waals surface area (Å²) in [5.74, 6) is 1.32. The van der Waals surface area contributed by atoms with Gasteiger partial charge >= 0.3 is 0 Å². The van der Waals surface area contributed by atoms with Gasteiger partial charge in [-0.3, -0.25) is 9.58 Å². The van der Waals surface area contributed by atoms with Gasteiger partial charge < -0.3 is 19.5 Å². The quantitative estimate of drug-likeness (QED) is 0.235. The van der Waals surface area contributed by atoms with Crippen molar-refractivity contribution in [2.24, 2.45) is 0 Å². The van der Waals surface area contributed by atoms with Gasteiger partial charge in [-0.25, -0.2) is 19.6 Å². The molecule has 0 radical (unpaired) electrons. The lowest BCUT2D eigenvalue weighted by molar-refractivity contribution is -0.0458. The Morgan fingerprint density at radius 3 is 2.50 bits per heavy atom. The number of benzene rings is 1. The fourth-order valence-electron chi connectivity index (χ4n) is 7.01. The zero-order valence-electron chi connectivity index (χ0n) is 25.7. The van der Waals surface area contributed by atoms with Crippen molar-refractivity contribution in [1.29, 1.82) is 5.26 Å². The number of hydrogen-bond acceptors (Lipinski definition) is 11. The molecular formula is C32H37ClN10O3. The molecule has 14 heteroatoms. The molecule has 2 aliphatic heterocycles. The number of nitriles is 1. The van der Waals surface area contributed by atoms with Gasteiger partial charge in [0.15, 0.2) is 6.61 Å². The van der Waals surface area contributed by atoms with Gasteiger partial charge in [-0.15, -0.1) is 5.10 Å². The lowest BCUT2D eigenvalue weighted by Crippen LogP contribution is -2.52. The van der Waals surface area contributed by atoms with E-state index in [0.29, 0.717) is 53.0 Å². The fourth-order valence-corrected chi connectivity index (χ4v) is 7.17. The SMILES string of the molecule is C[C@@H](Cn1cncn1)Oc1cc(-c2cnc(Nc3cn(C4CCC(N5[C@@H]6CC[C@H]5COC6)CC4)nc3OCC#N)nc2)ccc1Cl. The second-order valence-corrected chi connectivity index (χ2v) is 12.6. The Bertz CT molecular complexity index is 1630. The molecule has 3 fully saturated rings. The summed E-state index contributed by atoms with van der Waals surface area (Å²) in [5.41, 5.74) is 2.29. The first-order valence-corrected chi connectivity index (χ1v) is 16.2. The van der Waals surface area contributed by atoms with E-state index < -0.39 is 0 Å². The van der Waals surface area contributed by atoms with Crippen molar-refractivity contribution in [2.45, 2.75) is 82.3 Å². The standard InChI is InChI=1S/C32H37ClN10O3/c1-21(15-41-20-35-19-38-41)46-30-12-22(2-9-28(30)33)23-13-36-32(37-14-23)39-29-16-42(40-31(29)45-11-10-34)24-3-5-25(6-4-24)43-26-7-8-27(43)18-44-17-26/h2,9,12-14,16,19-21,24-27H,3-8,11,15,17-18H2,1H3,(H,36,37,39)/t21-,24?,25?,26-,27+/m0/s1. The van der Waals surface area contributed by atoms with E-state index in [2.05, 4.69) is 30.3 Å². The minimum absolute atomic E-state index is 0.101. The highest BCUT2D eigenvalue weighted by Gasteiger charge is 2.42. The van der Waals surface area contributed by atoms with Gasteiger partial charge in [-0.05, 0) is 63.1 Å². The lowest BCUT2D eigenvalue weighted by atomic mass is 9.89. The van der Waals surface area contributed by atoms with Gasteiger partial charge in [0.05, 0.1) is 37.0 Å². The van der Waals surface area contributed by atoms with Crippen molar-refractivity contribution in [3.05, 3.63) is 54.5 Å². The highest BCUT2D eigenvalue weighted by Crippen LogP contribution is 2.39. The number of halogens is 1. The summed E-state index contributed by atoms with van der Waals surface area (Å²) in [6, 6.07) is 9.64.